The predicted octanol–water partition coefficient (Wildman–Crippen LogP) is 15.4. The fraction of sp³-hybridized carbons (Fsp3) is 0.644. The van der Waals surface area contributed by atoms with Gasteiger partial charge in [-0.3, -0.25) is 0 Å². The zero-order valence-electron chi connectivity index (χ0n) is 34.1. The summed E-state index contributed by atoms with van der Waals surface area (Å²) in [6.07, 6.45) is 7.17. The van der Waals surface area contributed by atoms with Crippen molar-refractivity contribution in [3.8, 4) is 0 Å². The molecule has 0 spiro atoms. The molecule has 3 fully saturated rings. The summed E-state index contributed by atoms with van der Waals surface area (Å²) in [5.74, 6) is 5.81. The second kappa shape index (κ2) is 17.3. The average Bonchev–Trinajstić information content (AvgIpc) is 3.65. The maximum atomic E-state index is 4.93. The van der Waals surface area contributed by atoms with Gasteiger partial charge < -0.3 is 14.9 Å². The van der Waals surface area contributed by atoms with Crippen molar-refractivity contribution in [2.24, 2.45) is 35.5 Å². The van der Waals surface area contributed by atoms with Crippen molar-refractivity contribution in [2.75, 3.05) is 0 Å². The Kier molecular flexibility index (Phi) is 15.5. The van der Waals surface area contributed by atoms with Gasteiger partial charge in [-0.25, -0.2) is 0 Å². The Morgan fingerprint density at radius 1 is 0.760 bits per heavy atom. The Morgan fingerprint density at radius 3 is 1.78 bits per heavy atom. The normalized spacial score (nSPS) is 30.8. The van der Waals surface area contributed by atoms with Crippen molar-refractivity contribution >= 4 is 42.4 Å². The molecule has 0 bridgehead atoms. The molecule has 50 heavy (non-hydrogen) atoms. The molecule has 0 saturated heterocycles. The van der Waals surface area contributed by atoms with E-state index in [-0.39, 0.29) is 25.7 Å². The van der Waals surface area contributed by atoms with E-state index in [0.29, 0.717) is 0 Å². The summed E-state index contributed by atoms with van der Waals surface area (Å²) in [6, 6.07) is 19.7. The van der Waals surface area contributed by atoms with Gasteiger partial charge in [0, 0.05) is 5.25 Å². The van der Waals surface area contributed by atoms with Crippen LogP contribution in [0.1, 0.15) is 130 Å². The molecule has 278 valence electrons. The van der Waals surface area contributed by atoms with E-state index in [9.17, 15) is 0 Å². The van der Waals surface area contributed by atoms with E-state index >= 15 is 0 Å². The van der Waals surface area contributed by atoms with Gasteiger partial charge in [-0.2, -0.15) is 0 Å². The number of halogens is 2. The van der Waals surface area contributed by atoms with Crippen LogP contribution in [0.4, 0.5) is 0 Å². The molecule has 1 aliphatic heterocycles. The van der Waals surface area contributed by atoms with Crippen LogP contribution in [-0.2, 0) is 31.7 Å². The molecular formula is C45H70Cl2SSiZr. The van der Waals surface area contributed by atoms with Crippen LogP contribution in [0.2, 0.25) is 24.2 Å². The van der Waals surface area contributed by atoms with E-state index in [4.69, 9.17) is 17.0 Å². The second-order valence-corrected chi connectivity index (χ2v) is 29.1. The summed E-state index contributed by atoms with van der Waals surface area (Å²) in [4.78, 5) is 1.62. The van der Waals surface area contributed by atoms with Crippen molar-refractivity contribution < 1.29 is 20.8 Å². The minimum atomic E-state index is -1.63. The molecule has 0 N–H and O–H groups in total. The SMILES string of the molecule is CC1=C(c2ccc(C(C)(C)C)cc2)C2CC(C(C)C)C([Si](C)(C)C3C(C)CC4C(c5ccc(C(C)(C)C)cc5)CCCC43)C2S1.[CH3-].[CH3-].[Cl][Zr+2][Cl]. The van der Waals surface area contributed by atoms with E-state index in [0.717, 1.165) is 57.8 Å². The first-order chi connectivity index (χ1) is 22.4. The number of hydrogen-bond acceptors (Lipinski definition) is 1. The summed E-state index contributed by atoms with van der Waals surface area (Å²) in [6.45, 7) is 30.1. The van der Waals surface area contributed by atoms with Gasteiger partial charge in [-0.1, -0.05) is 137 Å². The fourth-order valence-corrected chi connectivity index (χ4v) is 20.6. The number of benzene rings is 2. The van der Waals surface area contributed by atoms with Gasteiger partial charge >= 0.3 is 37.9 Å². The van der Waals surface area contributed by atoms with Gasteiger partial charge in [0.1, 0.15) is 0 Å². The Bertz CT molecular complexity index is 1420. The van der Waals surface area contributed by atoms with Crippen LogP contribution in [0.25, 0.3) is 5.57 Å². The summed E-state index contributed by atoms with van der Waals surface area (Å²) in [7, 11) is 8.24. The van der Waals surface area contributed by atoms with Gasteiger partial charge in [-0.15, -0.1) is 11.8 Å². The van der Waals surface area contributed by atoms with Crippen molar-refractivity contribution in [1.82, 2.24) is 0 Å². The quantitative estimate of drug-likeness (QED) is 0.214. The van der Waals surface area contributed by atoms with Gasteiger partial charge in [-0.05, 0) is 122 Å². The molecule has 9 unspecified atom stereocenters. The number of rotatable bonds is 5. The topological polar surface area (TPSA) is 0 Å². The van der Waals surface area contributed by atoms with E-state index in [1.165, 1.54) is 48.8 Å². The van der Waals surface area contributed by atoms with Gasteiger partial charge in [0.25, 0.3) is 0 Å². The first-order valence-corrected chi connectivity index (χ1v) is 29.3. The van der Waals surface area contributed by atoms with Crippen molar-refractivity contribution in [3.05, 3.63) is 90.5 Å². The van der Waals surface area contributed by atoms with Crippen molar-refractivity contribution in [3.63, 3.8) is 0 Å². The van der Waals surface area contributed by atoms with Gasteiger partial charge in [0.15, 0.2) is 0 Å². The molecule has 3 aliphatic carbocycles. The van der Waals surface area contributed by atoms with Crippen LogP contribution in [0.3, 0.4) is 0 Å². The van der Waals surface area contributed by atoms with Crippen molar-refractivity contribution in [2.45, 2.75) is 148 Å². The Hall–Kier alpha value is 0.210. The average molecular weight is 833 g/mol. The molecule has 0 aromatic heterocycles. The van der Waals surface area contributed by atoms with Crippen LogP contribution in [0.5, 0.6) is 0 Å². The third kappa shape index (κ3) is 8.85. The third-order valence-electron chi connectivity index (χ3n) is 13.5. The third-order valence-corrected chi connectivity index (χ3v) is 20.4. The van der Waals surface area contributed by atoms with Gasteiger partial charge in [0.2, 0.25) is 0 Å². The molecule has 6 rings (SSSR count). The maximum absolute atomic E-state index is 4.93. The number of allylic oxidation sites excluding steroid dienone is 2. The molecular weight excluding hydrogens is 763 g/mol. The molecule has 5 heteroatoms. The van der Waals surface area contributed by atoms with Crippen molar-refractivity contribution in [1.29, 1.82) is 0 Å². The van der Waals surface area contributed by atoms with Crippen LogP contribution >= 0.6 is 28.8 Å². The summed E-state index contributed by atoms with van der Waals surface area (Å²) in [5, 5.41) is 0.784. The van der Waals surface area contributed by atoms with Crippen LogP contribution in [0, 0.1) is 50.4 Å². The molecule has 3 saturated carbocycles. The first kappa shape index (κ1) is 44.6. The standard InChI is InChI=1S/C43H64SSi.2CH3.2ClH.Zr/c1-26(2)35-25-37-38(30-18-22-32(23-19-30)43(8,9)10)28(4)44-39(37)41(35)45(11,12)40-27(3)24-36-33(14-13-15-34(36)40)29-16-20-31(21-17-29)42(5,6)7;;;;;/h16-23,26-27,33-37,39-41H,13-15,24-25H2,1-12H3;2*1H3;2*1H;/q;2*-1;;;+4/p-2. The van der Waals surface area contributed by atoms with E-state index < -0.39 is 28.9 Å². The van der Waals surface area contributed by atoms with Gasteiger partial charge in [0.05, 0.1) is 8.07 Å². The Morgan fingerprint density at radius 2 is 1.28 bits per heavy atom. The van der Waals surface area contributed by atoms with E-state index in [2.05, 4.69) is 143 Å². The molecule has 2 aromatic rings. The molecule has 0 radical (unpaired) electrons. The molecule has 1 heterocycles. The Labute approximate surface area is 334 Å². The minimum absolute atomic E-state index is 0. The monoisotopic (exact) mass is 830 g/mol. The molecule has 4 aliphatic rings. The van der Waals surface area contributed by atoms with E-state index in [1.807, 2.05) is 0 Å². The molecule has 0 nitrogen and oxygen atoms in total. The number of thioether (sulfide) groups is 1. The molecule has 0 amide bonds. The van der Waals surface area contributed by atoms with Crippen LogP contribution in [0.15, 0.2) is 53.4 Å². The predicted molar refractivity (Wildman–Crippen MR) is 228 cm³/mol. The first-order valence-electron chi connectivity index (χ1n) is 19.0. The summed E-state index contributed by atoms with van der Waals surface area (Å²) < 4.78 is 0. The van der Waals surface area contributed by atoms with Crippen LogP contribution < -0.4 is 0 Å². The Balaban J connectivity index is 0.00000131. The molecule has 9 atom stereocenters. The van der Waals surface area contributed by atoms with Crippen LogP contribution in [-0.4, -0.2) is 13.3 Å². The fourth-order valence-electron chi connectivity index (χ4n) is 11.5. The zero-order valence-corrected chi connectivity index (χ0v) is 39.9. The number of hydrogen-bond donors (Lipinski definition) is 0. The zero-order chi connectivity index (χ0) is 35.3. The summed E-state index contributed by atoms with van der Waals surface area (Å²) >= 11 is 1.48. The van der Waals surface area contributed by atoms with E-state index in [1.54, 1.807) is 16.0 Å². The number of fused-ring (bicyclic) bond motifs is 2. The molecule has 2 aromatic carbocycles. The second-order valence-electron chi connectivity index (χ2n) is 19.0. The summed E-state index contributed by atoms with van der Waals surface area (Å²) in [5.41, 5.74) is 10.1.